The maximum Gasteiger partial charge on any atom is 0.244 e. The Morgan fingerprint density at radius 2 is 1.97 bits per heavy atom. The first-order chi connectivity index (χ1) is 14.5. The van der Waals surface area contributed by atoms with Crippen LogP contribution >= 0.6 is 11.3 Å². The lowest BCUT2D eigenvalue weighted by Crippen LogP contribution is -2.38. The molecule has 8 heteroatoms. The van der Waals surface area contributed by atoms with Crippen LogP contribution in [0.4, 0.5) is 5.13 Å². The van der Waals surface area contributed by atoms with Crippen molar-refractivity contribution in [3.05, 3.63) is 48.0 Å². The molecule has 0 amide bonds. The minimum atomic E-state index is -3.62. The summed E-state index contributed by atoms with van der Waals surface area (Å²) in [7, 11) is -2.12. The van der Waals surface area contributed by atoms with Crippen LogP contribution in [-0.4, -0.2) is 40.1 Å². The molecule has 0 spiro atoms. The molecule has 30 heavy (non-hydrogen) atoms. The molecule has 1 aliphatic rings. The number of aryl methyl sites for hydroxylation is 1. The fourth-order valence-electron chi connectivity index (χ4n) is 3.78. The number of benzene rings is 2. The van der Waals surface area contributed by atoms with Gasteiger partial charge in [0.1, 0.15) is 10.6 Å². The molecular weight excluding hydrogens is 418 g/mol. The normalized spacial score (nSPS) is 15.6. The van der Waals surface area contributed by atoms with Gasteiger partial charge >= 0.3 is 0 Å². The summed E-state index contributed by atoms with van der Waals surface area (Å²) in [4.78, 5) is 7.27. The molecule has 0 radical (unpaired) electrons. The Morgan fingerprint density at radius 3 is 2.67 bits per heavy atom. The van der Waals surface area contributed by atoms with Crippen molar-refractivity contribution in [1.29, 1.82) is 0 Å². The van der Waals surface area contributed by atoms with Crippen LogP contribution in [0, 0.1) is 5.92 Å². The summed E-state index contributed by atoms with van der Waals surface area (Å²) in [6.07, 6.45) is 2.64. The van der Waals surface area contributed by atoms with Gasteiger partial charge < -0.3 is 9.64 Å². The molecule has 3 aromatic rings. The van der Waals surface area contributed by atoms with Crippen LogP contribution in [0.2, 0.25) is 0 Å². The minimum absolute atomic E-state index is 0.219. The number of hydrogen-bond donors (Lipinski definition) is 1. The summed E-state index contributed by atoms with van der Waals surface area (Å²) >= 11 is 1.72. The maximum absolute atomic E-state index is 12.9. The molecule has 1 saturated heterocycles. The van der Waals surface area contributed by atoms with Gasteiger partial charge in [-0.1, -0.05) is 36.5 Å². The van der Waals surface area contributed by atoms with Crippen LogP contribution in [0.15, 0.2) is 47.4 Å². The third-order valence-corrected chi connectivity index (χ3v) is 8.20. The molecule has 1 aromatic heterocycles. The zero-order valence-electron chi connectivity index (χ0n) is 17.3. The summed E-state index contributed by atoms with van der Waals surface area (Å²) < 4.78 is 35.1. The van der Waals surface area contributed by atoms with Crippen molar-refractivity contribution in [2.75, 3.05) is 31.6 Å². The van der Waals surface area contributed by atoms with Crippen molar-refractivity contribution in [3.8, 4) is 5.75 Å². The number of nitrogens with zero attached hydrogens (tertiary/aromatic N) is 2. The van der Waals surface area contributed by atoms with E-state index in [1.165, 1.54) is 11.8 Å². The van der Waals surface area contributed by atoms with E-state index in [1.54, 1.807) is 23.5 Å². The maximum atomic E-state index is 12.9. The van der Waals surface area contributed by atoms with Gasteiger partial charge in [-0.2, -0.15) is 0 Å². The van der Waals surface area contributed by atoms with Crippen molar-refractivity contribution in [1.82, 2.24) is 9.71 Å². The fraction of sp³-hybridized carbons (Fsp3) is 0.409. The number of anilines is 1. The monoisotopic (exact) mass is 445 g/mol. The third-order valence-electron chi connectivity index (χ3n) is 5.66. The Morgan fingerprint density at radius 1 is 1.20 bits per heavy atom. The second kappa shape index (κ2) is 8.91. The lowest BCUT2D eigenvalue weighted by molar-refractivity contribution is 0.395. The summed E-state index contributed by atoms with van der Waals surface area (Å²) in [6, 6.07) is 13.5. The van der Waals surface area contributed by atoms with E-state index in [0.717, 1.165) is 48.6 Å². The van der Waals surface area contributed by atoms with Crippen molar-refractivity contribution in [2.24, 2.45) is 5.92 Å². The number of ether oxygens (including phenoxy) is 1. The molecule has 2 heterocycles. The highest BCUT2D eigenvalue weighted by Gasteiger charge is 2.25. The number of rotatable bonds is 7. The minimum Gasteiger partial charge on any atom is -0.495 e. The molecule has 0 aliphatic carbocycles. The third kappa shape index (κ3) is 4.45. The Balaban J connectivity index is 1.37. The van der Waals surface area contributed by atoms with Crippen molar-refractivity contribution < 1.29 is 13.2 Å². The topological polar surface area (TPSA) is 71.5 Å². The van der Waals surface area contributed by atoms with Gasteiger partial charge in [-0.3, -0.25) is 0 Å². The van der Waals surface area contributed by atoms with Crippen molar-refractivity contribution in [2.45, 2.75) is 31.1 Å². The van der Waals surface area contributed by atoms with Gasteiger partial charge in [0.05, 0.1) is 17.3 Å². The molecule has 1 aliphatic heterocycles. The zero-order chi connectivity index (χ0) is 21.1. The molecule has 2 aromatic carbocycles. The van der Waals surface area contributed by atoms with Crippen LogP contribution in [0.1, 0.15) is 25.3 Å². The molecule has 1 fully saturated rings. The van der Waals surface area contributed by atoms with E-state index in [9.17, 15) is 8.42 Å². The summed E-state index contributed by atoms with van der Waals surface area (Å²) in [5, 5.41) is 1.05. The molecule has 0 unspecified atom stereocenters. The smallest absolute Gasteiger partial charge is 0.244 e. The number of fused-ring (bicyclic) bond motifs is 1. The Labute approximate surface area is 181 Å². The number of methoxy groups -OCH3 is 1. The zero-order valence-corrected chi connectivity index (χ0v) is 18.9. The summed E-state index contributed by atoms with van der Waals surface area (Å²) in [5.41, 5.74) is 2.01. The van der Waals surface area contributed by atoms with E-state index in [1.807, 2.05) is 31.2 Å². The lowest BCUT2D eigenvalue weighted by atomic mass is 9.97. The Hall–Kier alpha value is -2.16. The van der Waals surface area contributed by atoms with E-state index in [0.29, 0.717) is 18.2 Å². The first-order valence-corrected chi connectivity index (χ1v) is 12.6. The highest BCUT2D eigenvalue weighted by molar-refractivity contribution is 7.89. The molecule has 0 bridgehead atoms. The SMILES string of the molecule is CCc1ccc(OC)c(S(=O)(=O)NCC2CCN(c3nc4ccccc4s3)CC2)c1. The predicted molar refractivity (Wildman–Crippen MR) is 122 cm³/mol. The van der Waals surface area contributed by atoms with Gasteiger partial charge in [0.25, 0.3) is 0 Å². The second-order valence-corrected chi connectivity index (χ2v) is 10.3. The van der Waals surface area contributed by atoms with Crippen LogP contribution in [0.3, 0.4) is 0 Å². The average Bonchev–Trinajstić information content (AvgIpc) is 3.22. The highest BCUT2D eigenvalue weighted by atomic mass is 32.2. The first-order valence-electron chi connectivity index (χ1n) is 10.3. The molecule has 0 saturated carbocycles. The van der Waals surface area contributed by atoms with Gasteiger partial charge in [0.2, 0.25) is 10.0 Å². The number of aromatic nitrogens is 1. The van der Waals surface area contributed by atoms with Crippen molar-refractivity contribution in [3.63, 3.8) is 0 Å². The van der Waals surface area contributed by atoms with E-state index in [-0.39, 0.29) is 4.90 Å². The van der Waals surface area contributed by atoms with Gasteiger partial charge in [0.15, 0.2) is 5.13 Å². The van der Waals surface area contributed by atoms with E-state index in [2.05, 4.69) is 15.7 Å². The first kappa shape index (κ1) is 21.1. The number of para-hydroxylation sites is 1. The standard InChI is InChI=1S/C22H27N3O3S2/c1-3-16-8-9-19(28-2)21(14-16)30(26,27)23-15-17-10-12-25(13-11-17)22-24-18-6-4-5-7-20(18)29-22/h4-9,14,17,23H,3,10-13,15H2,1-2H3. The number of piperidine rings is 1. The quantitative estimate of drug-likeness (QED) is 0.594. The van der Waals surface area contributed by atoms with Gasteiger partial charge in [-0.15, -0.1) is 0 Å². The van der Waals surface area contributed by atoms with Gasteiger partial charge in [-0.25, -0.2) is 18.1 Å². The molecule has 0 atom stereocenters. The molecule has 6 nitrogen and oxygen atoms in total. The number of hydrogen-bond acceptors (Lipinski definition) is 6. The summed E-state index contributed by atoms with van der Waals surface area (Å²) in [5.74, 6) is 0.691. The van der Waals surface area contributed by atoms with E-state index >= 15 is 0 Å². The highest BCUT2D eigenvalue weighted by Crippen LogP contribution is 2.31. The van der Waals surface area contributed by atoms with Crippen LogP contribution in [-0.2, 0) is 16.4 Å². The Kier molecular flexibility index (Phi) is 6.26. The fourth-order valence-corrected chi connectivity index (χ4v) is 6.13. The number of sulfonamides is 1. The summed E-state index contributed by atoms with van der Waals surface area (Å²) in [6.45, 7) is 4.22. The number of nitrogens with one attached hydrogen (secondary N) is 1. The van der Waals surface area contributed by atoms with Gasteiger partial charge in [0, 0.05) is 19.6 Å². The van der Waals surface area contributed by atoms with Crippen LogP contribution in [0.5, 0.6) is 5.75 Å². The molecule has 4 rings (SSSR count). The van der Waals surface area contributed by atoms with E-state index in [4.69, 9.17) is 9.72 Å². The van der Waals surface area contributed by atoms with Gasteiger partial charge in [-0.05, 0) is 55.0 Å². The molecular formula is C22H27N3O3S2. The molecule has 160 valence electrons. The Bertz CT molecular complexity index is 1090. The largest absolute Gasteiger partial charge is 0.495 e. The predicted octanol–water partition coefficient (Wildman–Crippen LogP) is 4.06. The average molecular weight is 446 g/mol. The van der Waals surface area contributed by atoms with Crippen LogP contribution < -0.4 is 14.4 Å². The number of thiazole rings is 1. The van der Waals surface area contributed by atoms with Crippen molar-refractivity contribution >= 4 is 36.7 Å². The van der Waals surface area contributed by atoms with E-state index < -0.39 is 10.0 Å². The van der Waals surface area contributed by atoms with Crippen LogP contribution in [0.25, 0.3) is 10.2 Å². The molecule has 1 N–H and O–H groups in total. The second-order valence-electron chi connectivity index (χ2n) is 7.59. The lowest BCUT2D eigenvalue weighted by Gasteiger charge is -2.31.